The molecule has 0 aliphatic carbocycles. The van der Waals surface area contributed by atoms with Crippen LogP contribution in [0.15, 0.2) is 24.4 Å². The molecule has 0 aliphatic rings. The first kappa shape index (κ1) is 9.58. The van der Waals surface area contributed by atoms with Gasteiger partial charge in [0.05, 0.1) is 7.11 Å². The van der Waals surface area contributed by atoms with Crippen molar-refractivity contribution in [2.45, 2.75) is 0 Å². The van der Waals surface area contributed by atoms with Gasteiger partial charge in [0.25, 0.3) is 0 Å². The molecular weight excluding hydrogens is 194 g/mol. The highest BCUT2D eigenvalue weighted by molar-refractivity contribution is 6.05. The Morgan fingerprint density at radius 1 is 1.40 bits per heavy atom. The maximum absolute atomic E-state index is 11.1. The van der Waals surface area contributed by atoms with Gasteiger partial charge in [0.2, 0.25) is 0 Å². The van der Waals surface area contributed by atoms with Crippen LogP contribution in [0.2, 0.25) is 0 Å². The molecule has 0 saturated heterocycles. The van der Waals surface area contributed by atoms with Gasteiger partial charge in [0.1, 0.15) is 11.3 Å². The molecule has 15 heavy (non-hydrogen) atoms. The van der Waals surface area contributed by atoms with Crippen molar-refractivity contribution in [3.05, 3.63) is 30.0 Å². The highest BCUT2D eigenvalue weighted by atomic mass is 16.5. The number of aromatic nitrogens is 1. The minimum absolute atomic E-state index is 0.218. The number of hydrogen-bond acceptors (Lipinski definition) is 2. The summed E-state index contributed by atoms with van der Waals surface area (Å²) in [4.78, 5) is 11.1. The molecule has 78 valence electrons. The number of carbonyl (C=O) groups is 1. The second kappa shape index (κ2) is 3.31. The predicted molar refractivity (Wildman–Crippen MR) is 56.4 cm³/mol. The van der Waals surface area contributed by atoms with Gasteiger partial charge in [-0.25, -0.2) is 4.79 Å². The second-order valence-electron chi connectivity index (χ2n) is 3.31. The molecule has 1 N–H and O–H groups in total. The summed E-state index contributed by atoms with van der Waals surface area (Å²) >= 11 is 0. The number of carboxylic acids is 1. The average Bonchev–Trinajstić information content (AvgIpc) is 2.58. The van der Waals surface area contributed by atoms with Crippen molar-refractivity contribution < 1.29 is 14.6 Å². The predicted octanol–water partition coefficient (Wildman–Crippen LogP) is 1.89. The van der Waals surface area contributed by atoms with Crippen LogP contribution in [0.1, 0.15) is 10.4 Å². The molecule has 0 saturated carbocycles. The van der Waals surface area contributed by atoms with Crippen molar-refractivity contribution in [2.24, 2.45) is 7.05 Å². The van der Waals surface area contributed by atoms with Crippen LogP contribution >= 0.6 is 0 Å². The summed E-state index contributed by atoms with van der Waals surface area (Å²) < 4.78 is 6.91. The number of benzene rings is 1. The Morgan fingerprint density at radius 3 is 2.73 bits per heavy atom. The summed E-state index contributed by atoms with van der Waals surface area (Å²) in [6, 6.07) is 5.30. The van der Waals surface area contributed by atoms with E-state index in [2.05, 4.69) is 0 Å². The SMILES string of the molecule is COc1ccc2c(ccn2C)c1C(=O)O. The summed E-state index contributed by atoms with van der Waals surface area (Å²) in [5, 5.41) is 9.81. The van der Waals surface area contributed by atoms with Crippen LogP contribution in [-0.2, 0) is 7.05 Å². The molecule has 0 aliphatic heterocycles. The van der Waals surface area contributed by atoms with Gasteiger partial charge in [-0.2, -0.15) is 0 Å². The fourth-order valence-corrected chi connectivity index (χ4v) is 1.72. The number of hydrogen-bond donors (Lipinski definition) is 1. The number of aromatic carboxylic acids is 1. The molecule has 1 aromatic heterocycles. The molecule has 0 amide bonds. The Kier molecular flexibility index (Phi) is 2.11. The summed E-state index contributed by atoms with van der Waals surface area (Å²) in [5.74, 6) is -0.579. The summed E-state index contributed by atoms with van der Waals surface area (Å²) in [6.45, 7) is 0. The van der Waals surface area contributed by atoms with Gasteiger partial charge in [-0.05, 0) is 18.2 Å². The second-order valence-corrected chi connectivity index (χ2v) is 3.31. The smallest absolute Gasteiger partial charge is 0.340 e. The molecule has 0 fully saturated rings. The highest BCUT2D eigenvalue weighted by Gasteiger charge is 2.16. The van der Waals surface area contributed by atoms with Crippen LogP contribution in [0.25, 0.3) is 10.9 Å². The first-order chi connectivity index (χ1) is 7.15. The Morgan fingerprint density at radius 2 is 2.13 bits per heavy atom. The topological polar surface area (TPSA) is 51.5 Å². The lowest BCUT2D eigenvalue weighted by molar-refractivity contribution is 0.0695. The van der Waals surface area contributed by atoms with Gasteiger partial charge in [-0.1, -0.05) is 0 Å². The molecule has 0 unspecified atom stereocenters. The Bertz CT molecular complexity index is 528. The zero-order valence-electron chi connectivity index (χ0n) is 8.52. The lowest BCUT2D eigenvalue weighted by Crippen LogP contribution is -2.01. The Labute approximate surface area is 86.7 Å². The number of methoxy groups -OCH3 is 1. The first-order valence-corrected chi connectivity index (χ1v) is 4.50. The van der Waals surface area contributed by atoms with E-state index in [0.717, 1.165) is 5.52 Å². The third-order valence-corrected chi connectivity index (χ3v) is 2.46. The van der Waals surface area contributed by atoms with Crippen LogP contribution in [-0.4, -0.2) is 22.8 Å². The molecule has 0 bridgehead atoms. The van der Waals surface area contributed by atoms with Crippen LogP contribution < -0.4 is 4.74 Å². The average molecular weight is 205 g/mol. The molecule has 2 rings (SSSR count). The van der Waals surface area contributed by atoms with Crippen molar-refractivity contribution in [3.63, 3.8) is 0 Å². The van der Waals surface area contributed by atoms with Crippen molar-refractivity contribution in [2.75, 3.05) is 7.11 Å². The van der Waals surface area contributed by atoms with Crippen molar-refractivity contribution in [1.82, 2.24) is 4.57 Å². The lowest BCUT2D eigenvalue weighted by Gasteiger charge is -2.06. The van der Waals surface area contributed by atoms with E-state index < -0.39 is 5.97 Å². The maximum atomic E-state index is 11.1. The zero-order chi connectivity index (χ0) is 11.0. The maximum Gasteiger partial charge on any atom is 0.340 e. The monoisotopic (exact) mass is 205 g/mol. The molecule has 0 radical (unpaired) electrons. The molecule has 1 heterocycles. The number of aryl methyl sites for hydroxylation is 1. The number of carboxylic acid groups (broad SMARTS) is 1. The summed E-state index contributed by atoms with van der Waals surface area (Å²) in [7, 11) is 3.34. The van der Waals surface area contributed by atoms with Crippen molar-refractivity contribution in [3.8, 4) is 5.75 Å². The molecule has 0 spiro atoms. The normalized spacial score (nSPS) is 10.5. The zero-order valence-corrected chi connectivity index (χ0v) is 8.52. The molecule has 4 heteroatoms. The van der Waals surface area contributed by atoms with E-state index in [0.29, 0.717) is 11.1 Å². The summed E-state index contributed by atoms with van der Waals surface area (Å²) in [5.41, 5.74) is 1.10. The first-order valence-electron chi connectivity index (χ1n) is 4.50. The van der Waals surface area contributed by atoms with Crippen LogP contribution in [0.5, 0.6) is 5.75 Å². The van der Waals surface area contributed by atoms with Gasteiger partial charge >= 0.3 is 5.97 Å². The van der Waals surface area contributed by atoms with Gasteiger partial charge < -0.3 is 14.4 Å². The standard InChI is InChI=1S/C11H11NO3/c1-12-6-5-7-8(12)3-4-9(15-2)10(7)11(13)14/h3-6H,1-2H3,(H,13,14). The van der Waals surface area contributed by atoms with Crippen LogP contribution in [0.3, 0.4) is 0 Å². The van der Waals surface area contributed by atoms with E-state index >= 15 is 0 Å². The van der Waals surface area contributed by atoms with Gasteiger partial charge in [-0.3, -0.25) is 0 Å². The van der Waals surface area contributed by atoms with Gasteiger partial charge in [0, 0.05) is 24.1 Å². The molecule has 2 aromatic rings. The van der Waals surface area contributed by atoms with Crippen molar-refractivity contribution >= 4 is 16.9 Å². The summed E-state index contributed by atoms with van der Waals surface area (Å²) in [6.07, 6.45) is 1.83. The van der Waals surface area contributed by atoms with E-state index in [4.69, 9.17) is 9.84 Å². The quantitative estimate of drug-likeness (QED) is 0.814. The molecule has 0 atom stereocenters. The van der Waals surface area contributed by atoms with Gasteiger partial charge in [-0.15, -0.1) is 0 Å². The van der Waals surface area contributed by atoms with Crippen molar-refractivity contribution in [1.29, 1.82) is 0 Å². The highest BCUT2D eigenvalue weighted by Crippen LogP contribution is 2.28. The van der Waals surface area contributed by atoms with Crippen LogP contribution in [0.4, 0.5) is 0 Å². The fourth-order valence-electron chi connectivity index (χ4n) is 1.72. The van der Waals surface area contributed by atoms with E-state index in [1.165, 1.54) is 7.11 Å². The lowest BCUT2D eigenvalue weighted by atomic mass is 10.1. The van der Waals surface area contributed by atoms with E-state index in [1.807, 2.05) is 23.9 Å². The van der Waals surface area contributed by atoms with Crippen LogP contribution in [0, 0.1) is 0 Å². The third-order valence-electron chi connectivity index (χ3n) is 2.46. The van der Waals surface area contributed by atoms with E-state index in [9.17, 15) is 4.79 Å². The minimum Gasteiger partial charge on any atom is -0.496 e. The Hall–Kier alpha value is -1.97. The largest absolute Gasteiger partial charge is 0.496 e. The molecule has 4 nitrogen and oxygen atoms in total. The van der Waals surface area contributed by atoms with Gasteiger partial charge in [0.15, 0.2) is 0 Å². The molecular formula is C11H11NO3. The number of rotatable bonds is 2. The van der Waals surface area contributed by atoms with E-state index in [-0.39, 0.29) is 5.56 Å². The number of ether oxygens (including phenoxy) is 1. The number of nitrogens with zero attached hydrogens (tertiary/aromatic N) is 1. The number of fused-ring (bicyclic) bond motifs is 1. The fraction of sp³-hybridized carbons (Fsp3) is 0.182. The Balaban J connectivity index is 2.85. The minimum atomic E-state index is -0.969. The third kappa shape index (κ3) is 1.34. The molecule has 1 aromatic carbocycles. The van der Waals surface area contributed by atoms with E-state index in [1.54, 1.807) is 12.1 Å².